The fourth-order valence-electron chi connectivity index (χ4n) is 1.71. The lowest BCUT2D eigenvalue weighted by Gasteiger charge is -2.23. The summed E-state index contributed by atoms with van der Waals surface area (Å²) in [5, 5.41) is 17.7. The minimum Gasteiger partial charge on any atom is -0.486 e. The number of nitrogens with zero attached hydrogens (tertiary/aromatic N) is 4. The van der Waals surface area contributed by atoms with E-state index in [-0.39, 0.29) is 17.4 Å². The largest absolute Gasteiger partial charge is 0.486 e. The van der Waals surface area contributed by atoms with E-state index in [4.69, 9.17) is 4.74 Å². The van der Waals surface area contributed by atoms with E-state index < -0.39 is 4.92 Å². The Morgan fingerprint density at radius 1 is 1.71 bits per heavy atom. The summed E-state index contributed by atoms with van der Waals surface area (Å²) in [5.41, 5.74) is 0.0896. The molecule has 1 N–H and O–H groups in total. The molecule has 0 fully saturated rings. The fraction of sp³-hybridized carbons (Fsp3) is 0.333. The number of anilines is 1. The number of hydrogen-bond acceptors (Lipinski definition) is 6. The Balaban J connectivity index is 2.20. The first-order chi connectivity index (χ1) is 8.15. The van der Waals surface area contributed by atoms with Gasteiger partial charge in [-0.05, 0) is 6.92 Å². The quantitative estimate of drug-likeness (QED) is 0.581. The molecule has 3 heterocycles. The van der Waals surface area contributed by atoms with Crippen molar-refractivity contribution in [3.8, 4) is 5.75 Å². The number of nitro groups is 1. The molecule has 0 radical (unpaired) electrons. The highest BCUT2D eigenvalue weighted by Crippen LogP contribution is 2.29. The predicted molar refractivity (Wildman–Crippen MR) is 58.2 cm³/mol. The van der Waals surface area contributed by atoms with Gasteiger partial charge in [-0.25, -0.2) is 9.50 Å². The molecule has 0 aliphatic carbocycles. The lowest BCUT2D eigenvalue weighted by molar-refractivity contribution is -0.383. The third-order valence-corrected chi connectivity index (χ3v) is 2.51. The maximum Gasteiger partial charge on any atom is 0.333 e. The van der Waals surface area contributed by atoms with Crippen LogP contribution in [0.1, 0.15) is 6.92 Å². The van der Waals surface area contributed by atoms with Gasteiger partial charge in [0.2, 0.25) is 5.65 Å². The van der Waals surface area contributed by atoms with Gasteiger partial charge in [-0.15, -0.1) is 0 Å². The van der Waals surface area contributed by atoms with Crippen molar-refractivity contribution in [2.24, 2.45) is 0 Å². The number of ether oxygens (including phenoxy) is 1. The zero-order valence-corrected chi connectivity index (χ0v) is 8.95. The van der Waals surface area contributed by atoms with Gasteiger partial charge in [-0.1, -0.05) is 0 Å². The molecule has 2 aromatic rings. The van der Waals surface area contributed by atoms with Gasteiger partial charge in [0.15, 0.2) is 11.6 Å². The first-order valence-electron chi connectivity index (χ1n) is 5.07. The van der Waals surface area contributed by atoms with Crippen molar-refractivity contribution in [3.63, 3.8) is 0 Å². The van der Waals surface area contributed by atoms with Crippen LogP contribution in [0.3, 0.4) is 0 Å². The number of nitrogens with one attached hydrogen (secondary N) is 1. The van der Waals surface area contributed by atoms with Crippen LogP contribution < -0.4 is 10.1 Å². The molecule has 8 nitrogen and oxygen atoms in total. The summed E-state index contributed by atoms with van der Waals surface area (Å²) in [6.45, 7) is 2.48. The summed E-state index contributed by atoms with van der Waals surface area (Å²) in [7, 11) is 0. The standard InChI is InChI=1S/C9H9N5O3/c1-5-4-17-7-3-13-9(12-8(7)11-5)6(2-10-13)14(15)16/h2-3,5H,4H2,1H3,(H,11,12)/t5-/m1/s1. The molecule has 0 amide bonds. The molecule has 0 unspecified atom stereocenters. The van der Waals surface area contributed by atoms with Crippen LogP contribution in [0.15, 0.2) is 12.4 Å². The topological polar surface area (TPSA) is 94.6 Å². The fourth-order valence-corrected chi connectivity index (χ4v) is 1.71. The number of rotatable bonds is 1. The van der Waals surface area contributed by atoms with E-state index in [1.807, 2.05) is 6.92 Å². The zero-order chi connectivity index (χ0) is 12.0. The third-order valence-electron chi connectivity index (χ3n) is 2.51. The Kier molecular flexibility index (Phi) is 1.91. The van der Waals surface area contributed by atoms with Crippen molar-refractivity contribution in [1.82, 2.24) is 14.6 Å². The second-order valence-electron chi connectivity index (χ2n) is 3.87. The lowest BCUT2D eigenvalue weighted by atomic mass is 10.3. The highest BCUT2D eigenvalue weighted by molar-refractivity contribution is 5.64. The minimum atomic E-state index is -0.505. The Hall–Kier alpha value is -2.38. The summed E-state index contributed by atoms with van der Waals surface area (Å²) < 4.78 is 6.80. The highest BCUT2D eigenvalue weighted by Gasteiger charge is 2.22. The number of hydrogen-bond donors (Lipinski definition) is 1. The third kappa shape index (κ3) is 1.45. The second-order valence-corrected chi connectivity index (χ2v) is 3.87. The van der Waals surface area contributed by atoms with Crippen LogP contribution in [-0.4, -0.2) is 32.2 Å². The van der Waals surface area contributed by atoms with E-state index in [9.17, 15) is 10.1 Å². The molecular formula is C9H9N5O3. The summed E-state index contributed by atoms with van der Waals surface area (Å²) in [4.78, 5) is 14.4. The lowest BCUT2D eigenvalue weighted by Crippen LogP contribution is -2.29. The molecule has 0 aromatic carbocycles. The van der Waals surface area contributed by atoms with Gasteiger partial charge in [0.1, 0.15) is 12.8 Å². The van der Waals surface area contributed by atoms with E-state index in [0.717, 1.165) is 0 Å². The minimum absolute atomic E-state index is 0.118. The van der Waals surface area contributed by atoms with Crippen LogP contribution >= 0.6 is 0 Å². The molecule has 0 spiro atoms. The van der Waals surface area contributed by atoms with Gasteiger partial charge in [0, 0.05) is 0 Å². The Bertz CT molecular complexity index is 608. The molecule has 0 saturated heterocycles. The summed E-state index contributed by atoms with van der Waals surface area (Å²) in [6.07, 6.45) is 2.76. The van der Waals surface area contributed by atoms with Gasteiger partial charge < -0.3 is 10.1 Å². The Morgan fingerprint density at radius 3 is 3.29 bits per heavy atom. The maximum absolute atomic E-state index is 10.8. The number of aromatic nitrogens is 3. The molecule has 1 atom stereocenters. The van der Waals surface area contributed by atoms with Crippen LogP contribution in [0.25, 0.3) is 5.65 Å². The molecule has 1 aliphatic rings. The van der Waals surface area contributed by atoms with Gasteiger partial charge in [0.05, 0.1) is 17.2 Å². The molecule has 88 valence electrons. The van der Waals surface area contributed by atoms with Crippen LogP contribution in [0.2, 0.25) is 0 Å². The van der Waals surface area contributed by atoms with Crippen LogP contribution in [0.4, 0.5) is 11.5 Å². The van der Waals surface area contributed by atoms with Crippen molar-refractivity contribution < 1.29 is 9.66 Å². The van der Waals surface area contributed by atoms with E-state index in [0.29, 0.717) is 18.2 Å². The van der Waals surface area contributed by atoms with Gasteiger partial charge >= 0.3 is 5.69 Å². The van der Waals surface area contributed by atoms with Crippen molar-refractivity contribution in [2.75, 3.05) is 11.9 Å². The molecule has 0 saturated carbocycles. The van der Waals surface area contributed by atoms with Crippen LogP contribution in [0, 0.1) is 10.1 Å². The summed E-state index contributed by atoms with van der Waals surface area (Å²) in [5.74, 6) is 1.06. The summed E-state index contributed by atoms with van der Waals surface area (Å²) in [6, 6.07) is 0.124. The van der Waals surface area contributed by atoms with Crippen molar-refractivity contribution in [2.45, 2.75) is 13.0 Å². The first-order valence-corrected chi connectivity index (χ1v) is 5.07. The average Bonchev–Trinajstić information content (AvgIpc) is 2.68. The van der Waals surface area contributed by atoms with Gasteiger partial charge in [-0.2, -0.15) is 5.10 Å². The molecule has 17 heavy (non-hydrogen) atoms. The zero-order valence-electron chi connectivity index (χ0n) is 8.95. The molecule has 2 aromatic heterocycles. The van der Waals surface area contributed by atoms with E-state index in [1.54, 1.807) is 6.20 Å². The first kappa shape index (κ1) is 9.82. The van der Waals surface area contributed by atoms with Gasteiger partial charge in [-0.3, -0.25) is 10.1 Å². The van der Waals surface area contributed by atoms with Crippen molar-refractivity contribution >= 4 is 17.2 Å². The molecule has 3 rings (SSSR count). The van der Waals surface area contributed by atoms with Gasteiger partial charge in [0.25, 0.3) is 0 Å². The summed E-state index contributed by atoms with van der Waals surface area (Å²) >= 11 is 0. The van der Waals surface area contributed by atoms with Crippen molar-refractivity contribution in [1.29, 1.82) is 0 Å². The number of fused-ring (bicyclic) bond motifs is 2. The van der Waals surface area contributed by atoms with E-state index in [2.05, 4.69) is 15.4 Å². The SMILES string of the molecule is C[C@@H]1COc2cn3ncc([N+](=O)[O-])c3nc2N1. The molecule has 8 heteroatoms. The van der Waals surface area contributed by atoms with E-state index >= 15 is 0 Å². The second kappa shape index (κ2) is 3.30. The smallest absolute Gasteiger partial charge is 0.333 e. The Labute approximate surface area is 95.4 Å². The normalized spacial score (nSPS) is 18.3. The monoisotopic (exact) mass is 235 g/mol. The molecule has 0 bridgehead atoms. The van der Waals surface area contributed by atoms with E-state index in [1.165, 1.54) is 10.7 Å². The predicted octanol–water partition coefficient (Wildman–Crippen LogP) is 0.830. The van der Waals surface area contributed by atoms with Crippen LogP contribution in [-0.2, 0) is 0 Å². The Morgan fingerprint density at radius 2 is 2.53 bits per heavy atom. The van der Waals surface area contributed by atoms with Crippen molar-refractivity contribution in [3.05, 3.63) is 22.5 Å². The highest BCUT2D eigenvalue weighted by atomic mass is 16.6. The average molecular weight is 235 g/mol. The van der Waals surface area contributed by atoms with Crippen LogP contribution in [0.5, 0.6) is 5.75 Å². The molecule has 1 aliphatic heterocycles. The molecular weight excluding hydrogens is 226 g/mol. The maximum atomic E-state index is 10.8.